The van der Waals surface area contributed by atoms with Gasteiger partial charge in [0.25, 0.3) is 0 Å². The van der Waals surface area contributed by atoms with E-state index in [1.807, 2.05) is 30.3 Å². The van der Waals surface area contributed by atoms with E-state index in [1.165, 1.54) is 5.56 Å². The minimum Gasteiger partial charge on any atom is -0.493 e. The molecule has 2 heterocycles. The van der Waals surface area contributed by atoms with Crippen molar-refractivity contribution in [2.24, 2.45) is 0 Å². The van der Waals surface area contributed by atoms with Crippen LogP contribution in [0.15, 0.2) is 42.5 Å². The van der Waals surface area contributed by atoms with Gasteiger partial charge in [0.2, 0.25) is 0 Å². The SMILES string of the molecule is O=C(c1ccc2c(c1)CCO2)C1CNCc2ccccc21. The maximum atomic E-state index is 12.9. The molecule has 0 aromatic heterocycles. The molecule has 0 fully saturated rings. The summed E-state index contributed by atoms with van der Waals surface area (Å²) in [6.45, 7) is 2.28. The molecule has 0 spiro atoms. The third kappa shape index (κ3) is 2.14. The first-order chi connectivity index (χ1) is 10.3. The van der Waals surface area contributed by atoms with Gasteiger partial charge in [-0.2, -0.15) is 0 Å². The van der Waals surface area contributed by atoms with Gasteiger partial charge in [-0.05, 0) is 34.9 Å². The molecule has 2 aliphatic rings. The molecule has 0 saturated heterocycles. The van der Waals surface area contributed by atoms with E-state index in [0.29, 0.717) is 6.54 Å². The minimum absolute atomic E-state index is 0.0877. The average molecular weight is 279 g/mol. The smallest absolute Gasteiger partial charge is 0.171 e. The highest BCUT2D eigenvalue weighted by Gasteiger charge is 2.27. The molecule has 0 saturated carbocycles. The first-order valence-electron chi connectivity index (χ1n) is 7.41. The number of hydrogen-bond donors (Lipinski definition) is 1. The molecule has 1 N–H and O–H groups in total. The first kappa shape index (κ1) is 12.6. The van der Waals surface area contributed by atoms with Gasteiger partial charge in [0.05, 0.1) is 12.5 Å². The summed E-state index contributed by atoms with van der Waals surface area (Å²) < 4.78 is 5.51. The lowest BCUT2D eigenvalue weighted by atomic mass is 9.85. The molecule has 0 amide bonds. The Morgan fingerprint density at radius 3 is 3.00 bits per heavy atom. The third-order valence-corrected chi connectivity index (χ3v) is 4.38. The van der Waals surface area contributed by atoms with Gasteiger partial charge >= 0.3 is 0 Å². The number of fused-ring (bicyclic) bond motifs is 2. The van der Waals surface area contributed by atoms with E-state index >= 15 is 0 Å². The summed E-state index contributed by atoms with van der Waals surface area (Å²) in [6.07, 6.45) is 0.899. The number of ketones is 1. The molecular weight excluding hydrogens is 262 g/mol. The average Bonchev–Trinajstić information content (AvgIpc) is 3.01. The fraction of sp³-hybridized carbons (Fsp3) is 0.278. The molecule has 2 aromatic carbocycles. The number of rotatable bonds is 2. The standard InChI is InChI=1S/C18H17NO2/c20-18(13-5-6-17-12(9-13)7-8-21-17)16-11-19-10-14-3-1-2-4-15(14)16/h1-6,9,16,19H,7-8,10-11H2. The van der Waals surface area contributed by atoms with Gasteiger partial charge in [-0.3, -0.25) is 4.79 Å². The first-order valence-corrected chi connectivity index (χ1v) is 7.41. The van der Waals surface area contributed by atoms with Crippen LogP contribution in [0.2, 0.25) is 0 Å². The number of hydrogen-bond acceptors (Lipinski definition) is 3. The number of nitrogens with one attached hydrogen (secondary N) is 1. The number of ether oxygens (including phenoxy) is 1. The molecule has 21 heavy (non-hydrogen) atoms. The van der Waals surface area contributed by atoms with Crippen molar-refractivity contribution in [3.05, 3.63) is 64.7 Å². The van der Waals surface area contributed by atoms with E-state index in [9.17, 15) is 4.79 Å². The van der Waals surface area contributed by atoms with Gasteiger partial charge in [0, 0.05) is 25.1 Å². The second kappa shape index (κ2) is 5.01. The van der Waals surface area contributed by atoms with Crippen molar-refractivity contribution in [3.8, 4) is 5.75 Å². The maximum Gasteiger partial charge on any atom is 0.171 e. The maximum absolute atomic E-state index is 12.9. The van der Waals surface area contributed by atoms with E-state index < -0.39 is 0 Å². The van der Waals surface area contributed by atoms with Gasteiger partial charge in [0.15, 0.2) is 5.78 Å². The minimum atomic E-state index is -0.0877. The van der Waals surface area contributed by atoms with E-state index in [1.54, 1.807) is 0 Å². The summed E-state index contributed by atoms with van der Waals surface area (Å²) in [5.74, 6) is 1.04. The molecule has 1 atom stereocenters. The molecule has 1 unspecified atom stereocenters. The van der Waals surface area contributed by atoms with Crippen LogP contribution in [0.1, 0.15) is 33.0 Å². The van der Waals surface area contributed by atoms with Gasteiger partial charge in [-0.15, -0.1) is 0 Å². The van der Waals surface area contributed by atoms with Gasteiger partial charge < -0.3 is 10.1 Å². The van der Waals surface area contributed by atoms with Crippen molar-refractivity contribution in [2.75, 3.05) is 13.2 Å². The van der Waals surface area contributed by atoms with Gasteiger partial charge in [-0.25, -0.2) is 0 Å². The van der Waals surface area contributed by atoms with Crippen molar-refractivity contribution in [2.45, 2.75) is 18.9 Å². The zero-order valence-corrected chi connectivity index (χ0v) is 11.8. The second-order valence-corrected chi connectivity index (χ2v) is 5.67. The third-order valence-electron chi connectivity index (χ3n) is 4.38. The Kier molecular flexibility index (Phi) is 3.00. The van der Waals surface area contributed by atoms with Crippen LogP contribution in [0.25, 0.3) is 0 Å². The molecule has 4 rings (SSSR count). The molecule has 0 aliphatic carbocycles. The predicted molar refractivity (Wildman–Crippen MR) is 80.9 cm³/mol. The van der Waals surface area contributed by atoms with Crippen molar-refractivity contribution in [3.63, 3.8) is 0 Å². The monoisotopic (exact) mass is 279 g/mol. The molecule has 2 aliphatic heterocycles. The van der Waals surface area contributed by atoms with E-state index in [4.69, 9.17) is 4.74 Å². The highest BCUT2D eigenvalue weighted by Crippen LogP contribution is 2.30. The lowest BCUT2D eigenvalue weighted by Gasteiger charge is -2.25. The lowest BCUT2D eigenvalue weighted by Crippen LogP contribution is -2.32. The summed E-state index contributed by atoms with van der Waals surface area (Å²) in [4.78, 5) is 12.9. The Morgan fingerprint density at radius 1 is 1.14 bits per heavy atom. The van der Waals surface area contributed by atoms with Crippen LogP contribution < -0.4 is 10.1 Å². The van der Waals surface area contributed by atoms with Gasteiger partial charge in [0.1, 0.15) is 5.75 Å². The van der Waals surface area contributed by atoms with E-state index in [0.717, 1.165) is 42.0 Å². The van der Waals surface area contributed by atoms with E-state index in [-0.39, 0.29) is 11.7 Å². The summed E-state index contributed by atoms with van der Waals surface area (Å²) >= 11 is 0. The van der Waals surface area contributed by atoms with Crippen molar-refractivity contribution in [1.82, 2.24) is 5.32 Å². The Hall–Kier alpha value is -2.13. The highest BCUT2D eigenvalue weighted by molar-refractivity contribution is 6.01. The zero-order valence-electron chi connectivity index (χ0n) is 11.8. The highest BCUT2D eigenvalue weighted by atomic mass is 16.5. The summed E-state index contributed by atoms with van der Waals surface area (Å²) in [7, 11) is 0. The van der Waals surface area contributed by atoms with Crippen LogP contribution in [0, 0.1) is 0 Å². The Labute approximate surface area is 123 Å². The van der Waals surface area contributed by atoms with Crippen LogP contribution in [0.5, 0.6) is 5.75 Å². The summed E-state index contributed by atoms with van der Waals surface area (Å²) in [6, 6.07) is 14.0. The lowest BCUT2D eigenvalue weighted by molar-refractivity contribution is 0.0955. The fourth-order valence-electron chi connectivity index (χ4n) is 3.27. The zero-order chi connectivity index (χ0) is 14.2. The molecule has 0 bridgehead atoms. The molecule has 3 heteroatoms. The Morgan fingerprint density at radius 2 is 2.05 bits per heavy atom. The number of carbonyl (C=O) groups is 1. The summed E-state index contributed by atoms with van der Waals surface area (Å²) in [5, 5.41) is 3.35. The predicted octanol–water partition coefficient (Wildman–Crippen LogP) is 2.69. The van der Waals surface area contributed by atoms with Crippen LogP contribution in [0.3, 0.4) is 0 Å². The molecule has 3 nitrogen and oxygen atoms in total. The van der Waals surface area contributed by atoms with Crippen molar-refractivity contribution in [1.29, 1.82) is 0 Å². The quantitative estimate of drug-likeness (QED) is 0.859. The van der Waals surface area contributed by atoms with E-state index in [2.05, 4.69) is 17.4 Å². The molecule has 0 radical (unpaired) electrons. The van der Waals surface area contributed by atoms with Crippen LogP contribution in [-0.2, 0) is 13.0 Å². The van der Waals surface area contributed by atoms with Crippen molar-refractivity contribution >= 4 is 5.78 Å². The fourth-order valence-corrected chi connectivity index (χ4v) is 3.27. The normalized spacial score (nSPS) is 19.5. The number of benzene rings is 2. The molecular formula is C18H17NO2. The topological polar surface area (TPSA) is 38.3 Å². The second-order valence-electron chi connectivity index (χ2n) is 5.67. The Balaban J connectivity index is 1.70. The van der Waals surface area contributed by atoms with Crippen molar-refractivity contribution < 1.29 is 9.53 Å². The van der Waals surface area contributed by atoms with Crippen LogP contribution in [-0.4, -0.2) is 18.9 Å². The number of Topliss-reactive ketones (excluding diaryl/α,β-unsaturated/α-hetero) is 1. The van der Waals surface area contributed by atoms with Crippen LogP contribution in [0.4, 0.5) is 0 Å². The summed E-state index contributed by atoms with van der Waals surface area (Å²) in [5.41, 5.74) is 4.34. The molecule has 106 valence electrons. The Bertz CT molecular complexity index is 708. The van der Waals surface area contributed by atoms with Gasteiger partial charge in [-0.1, -0.05) is 24.3 Å². The molecule has 2 aromatic rings. The number of carbonyl (C=O) groups excluding carboxylic acids is 1. The largest absolute Gasteiger partial charge is 0.493 e. The van der Waals surface area contributed by atoms with Crippen LogP contribution >= 0.6 is 0 Å².